The SMILES string of the molecule is CC1(C)CCC(OCCCOc2cccc(N)c2)CC1. The van der Waals surface area contributed by atoms with Crippen LogP contribution in [-0.4, -0.2) is 19.3 Å². The first-order valence-electron chi connectivity index (χ1n) is 7.65. The summed E-state index contributed by atoms with van der Waals surface area (Å²) in [6, 6.07) is 7.55. The van der Waals surface area contributed by atoms with E-state index in [4.69, 9.17) is 15.2 Å². The van der Waals surface area contributed by atoms with Crippen LogP contribution in [0, 0.1) is 5.41 Å². The molecule has 0 unspecified atom stereocenters. The second kappa shape index (κ2) is 6.98. The van der Waals surface area contributed by atoms with Gasteiger partial charge in [-0.15, -0.1) is 0 Å². The fourth-order valence-corrected chi connectivity index (χ4v) is 2.64. The van der Waals surface area contributed by atoms with Crippen LogP contribution >= 0.6 is 0 Å². The zero-order chi connectivity index (χ0) is 14.4. The second-order valence-corrected chi connectivity index (χ2v) is 6.51. The van der Waals surface area contributed by atoms with Crippen molar-refractivity contribution in [2.45, 2.75) is 52.1 Å². The van der Waals surface area contributed by atoms with Gasteiger partial charge in [0.15, 0.2) is 0 Å². The molecule has 0 atom stereocenters. The lowest BCUT2D eigenvalue weighted by molar-refractivity contribution is 0.000114. The summed E-state index contributed by atoms with van der Waals surface area (Å²) in [5.41, 5.74) is 6.95. The van der Waals surface area contributed by atoms with Gasteiger partial charge in [-0.05, 0) is 43.2 Å². The molecule has 1 aromatic carbocycles. The van der Waals surface area contributed by atoms with Gasteiger partial charge in [-0.25, -0.2) is 0 Å². The highest BCUT2D eigenvalue weighted by Crippen LogP contribution is 2.36. The Bertz CT molecular complexity index is 407. The summed E-state index contributed by atoms with van der Waals surface area (Å²) in [5, 5.41) is 0. The molecule has 1 aliphatic carbocycles. The van der Waals surface area contributed by atoms with Crippen molar-refractivity contribution < 1.29 is 9.47 Å². The molecule has 0 radical (unpaired) electrons. The molecule has 0 aliphatic heterocycles. The van der Waals surface area contributed by atoms with E-state index >= 15 is 0 Å². The van der Waals surface area contributed by atoms with Gasteiger partial charge in [-0.3, -0.25) is 0 Å². The lowest BCUT2D eigenvalue weighted by Crippen LogP contribution is -2.26. The standard InChI is InChI=1S/C17H27NO2/c1-17(2)9-7-15(8-10-17)19-11-4-12-20-16-6-3-5-14(18)13-16/h3,5-6,13,15H,4,7-12,18H2,1-2H3. The first-order chi connectivity index (χ1) is 9.55. The molecule has 1 saturated carbocycles. The van der Waals surface area contributed by atoms with E-state index in [2.05, 4.69) is 13.8 Å². The average Bonchev–Trinajstić information content (AvgIpc) is 2.40. The number of benzene rings is 1. The van der Waals surface area contributed by atoms with Crippen LogP contribution in [-0.2, 0) is 4.74 Å². The van der Waals surface area contributed by atoms with E-state index in [1.165, 1.54) is 25.7 Å². The molecule has 0 spiro atoms. The smallest absolute Gasteiger partial charge is 0.121 e. The molecule has 20 heavy (non-hydrogen) atoms. The van der Waals surface area contributed by atoms with Crippen LogP contribution in [0.4, 0.5) is 5.69 Å². The third kappa shape index (κ3) is 5.04. The van der Waals surface area contributed by atoms with Gasteiger partial charge < -0.3 is 15.2 Å². The second-order valence-electron chi connectivity index (χ2n) is 6.51. The Morgan fingerprint density at radius 1 is 1.20 bits per heavy atom. The summed E-state index contributed by atoms with van der Waals surface area (Å²) in [5.74, 6) is 0.837. The van der Waals surface area contributed by atoms with E-state index in [1.807, 2.05) is 24.3 Å². The Labute approximate surface area is 122 Å². The third-order valence-corrected chi connectivity index (χ3v) is 4.06. The molecule has 0 saturated heterocycles. The van der Waals surface area contributed by atoms with E-state index in [1.54, 1.807) is 0 Å². The van der Waals surface area contributed by atoms with Crippen LogP contribution in [0.5, 0.6) is 5.75 Å². The van der Waals surface area contributed by atoms with Gasteiger partial charge >= 0.3 is 0 Å². The van der Waals surface area contributed by atoms with Gasteiger partial charge in [0, 0.05) is 18.2 Å². The first-order valence-corrected chi connectivity index (χ1v) is 7.65. The quantitative estimate of drug-likeness (QED) is 0.631. The number of hydrogen-bond acceptors (Lipinski definition) is 3. The number of nitrogens with two attached hydrogens (primary N) is 1. The van der Waals surface area contributed by atoms with Crippen LogP contribution in [0.2, 0.25) is 0 Å². The fraction of sp³-hybridized carbons (Fsp3) is 0.647. The molecular formula is C17H27NO2. The van der Waals surface area contributed by atoms with Crippen molar-refractivity contribution in [3.63, 3.8) is 0 Å². The summed E-state index contributed by atoms with van der Waals surface area (Å²) >= 11 is 0. The summed E-state index contributed by atoms with van der Waals surface area (Å²) in [7, 11) is 0. The molecule has 0 aromatic heterocycles. The highest BCUT2D eigenvalue weighted by atomic mass is 16.5. The predicted molar refractivity (Wildman–Crippen MR) is 83.0 cm³/mol. The molecule has 0 heterocycles. The van der Waals surface area contributed by atoms with Gasteiger partial charge in [-0.2, -0.15) is 0 Å². The number of nitrogen functional groups attached to an aromatic ring is 1. The molecule has 112 valence electrons. The Kier molecular flexibility index (Phi) is 5.30. The van der Waals surface area contributed by atoms with Gasteiger partial charge in [0.05, 0.1) is 19.3 Å². The van der Waals surface area contributed by atoms with Gasteiger partial charge in [0.25, 0.3) is 0 Å². The van der Waals surface area contributed by atoms with Crippen molar-refractivity contribution in [1.29, 1.82) is 0 Å². The summed E-state index contributed by atoms with van der Waals surface area (Å²) in [6.07, 6.45) is 6.32. The zero-order valence-electron chi connectivity index (χ0n) is 12.7. The van der Waals surface area contributed by atoms with E-state index < -0.39 is 0 Å². The molecule has 1 fully saturated rings. The fourth-order valence-electron chi connectivity index (χ4n) is 2.64. The Morgan fingerprint density at radius 3 is 2.65 bits per heavy atom. The molecule has 3 heteroatoms. The Hall–Kier alpha value is -1.22. The zero-order valence-corrected chi connectivity index (χ0v) is 12.7. The molecule has 3 nitrogen and oxygen atoms in total. The van der Waals surface area contributed by atoms with E-state index in [0.29, 0.717) is 18.1 Å². The Morgan fingerprint density at radius 2 is 1.95 bits per heavy atom. The number of anilines is 1. The van der Waals surface area contributed by atoms with Crippen LogP contribution in [0.25, 0.3) is 0 Å². The maximum atomic E-state index is 5.93. The highest BCUT2D eigenvalue weighted by Gasteiger charge is 2.26. The monoisotopic (exact) mass is 277 g/mol. The molecule has 2 rings (SSSR count). The third-order valence-electron chi connectivity index (χ3n) is 4.06. The molecule has 1 aromatic rings. The maximum absolute atomic E-state index is 5.93. The van der Waals surface area contributed by atoms with Gasteiger partial charge in [-0.1, -0.05) is 19.9 Å². The number of rotatable bonds is 6. The van der Waals surface area contributed by atoms with Crippen molar-refractivity contribution in [2.75, 3.05) is 18.9 Å². The number of ether oxygens (including phenoxy) is 2. The van der Waals surface area contributed by atoms with Crippen molar-refractivity contribution >= 4 is 5.69 Å². The van der Waals surface area contributed by atoms with Gasteiger partial charge in [0.2, 0.25) is 0 Å². The first kappa shape index (κ1) is 15.2. The highest BCUT2D eigenvalue weighted by molar-refractivity contribution is 5.43. The summed E-state index contributed by atoms with van der Waals surface area (Å²) in [4.78, 5) is 0. The topological polar surface area (TPSA) is 44.5 Å². The van der Waals surface area contributed by atoms with Crippen molar-refractivity contribution in [3.05, 3.63) is 24.3 Å². The molecule has 0 bridgehead atoms. The predicted octanol–water partition coefficient (Wildman–Crippen LogP) is 4.02. The molecule has 1 aliphatic rings. The Balaban J connectivity index is 1.56. The normalized spacial score (nSPS) is 18.9. The van der Waals surface area contributed by atoms with E-state index in [-0.39, 0.29) is 0 Å². The minimum Gasteiger partial charge on any atom is -0.493 e. The number of hydrogen-bond donors (Lipinski definition) is 1. The van der Waals surface area contributed by atoms with Crippen LogP contribution in [0.15, 0.2) is 24.3 Å². The maximum Gasteiger partial charge on any atom is 0.121 e. The average molecular weight is 277 g/mol. The lowest BCUT2D eigenvalue weighted by atomic mass is 9.76. The van der Waals surface area contributed by atoms with E-state index in [9.17, 15) is 0 Å². The van der Waals surface area contributed by atoms with Crippen LogP contribution in [0.1, 0.15) is 46.0 Å². The van der Waals surface area contributed by atoms with Crippen molar-refractivity contribution in [3.8, 4) is 5.75 Å². The minimum atomic E-state index is 0.454. The van der Waals surface area contributed by atoms with Crippen LogP contribution in [0.3, 0.4) is 0 Å². The molecular weight excluding hydrogens is 250 g/mol. The van der Waals surface area contributed by atoms with Crippen molar-refractivity contribution in [1.82, 2.24) is 0 Å². The van der Waals surface area contributed by atoms with E-state index in [0.717, 1.165) is 24.5 Å². The molecule has 0 amide bonds. The lowest BCUT2D eigenvalue weighted by Gasteiger charge is -2.34. The summed E-state index contributed by atoms with van der Waals surface area (Å²) in [6.45, 7) is 6.17. The van der Waals surface area contributed by atoms with Crippen molar-refractivity contribution in [2.24, 2.45) is 5.41 Å². The largest absolute Gasteiger partial charge is 0.493 e. The van der Waals surface area contributed by atoms with Crippen LogP contribution < -0.4 is 10.5 Å². The summed E-state index contributed by atoms with van der Waals surface area (Å²) < 4.78 is 11.6. The minimum absolute atomic E-state index is 0.454. The van der Waals surface area contributed by atoms with Gasteiger partial charge in [0.1, 0.15) is 5.75 Å². The molecule has 2 N–H and O–H groups in total.